The molecule has 4 heterocycles. The number of ether oxygens (including phenoxy) is 1. The summed E-state index contributed by atoms with van der Waals surface area (Å²) in [6, 6.07) is 5.88. The maximum Gasteiger partial charge on any atom is 0.271 e. The number of nitrogens with zero attached hydrogens (tertiary/aromatic N) is 2. The highest BCUT2D eigenvalue weighted by molar-refractivity contribution is 7.12. The van der Waals surface area contributed by atoms with Crippen molar-refractivity contribution in [3.8, 4) is 0 Å². The van der Waals surface area contributed by atoms with Gasteiger partial charge in [0.2, 0.25) is 0 Å². The van der Waals surface area contributed by atoms with Gasteiger partial charge in [0.05, 0.1) is 12.2 Å². The Labute approximate surface area is 192 Å². The van der Waals surface area contributed by atoms with Crippen LogP contribution in [0, 0.1) is 5.92 Å². The normalized spacial score (nSPS) is 30.0. The molecule has 1 saturated heterocycles. The van der Waals surface area contributed by atoms with Crippen LogP contribution in [0.5, 0.6) is 0 Å². The van der Waals surface area contributed by atoms with E-state index in [9.17, 15) is 9.59 Å². The first-order valence-electron chi connectivity index (χ1n) is 11.8. The number of nitrogens with one attached hydrogen (secondary N) is 2. The quantitative estimate of drug-likeness (QED) is 0.723. The molecule has 3 aliphatic rings. The van der Waals surface area contributed by atoms with E-state index in [1.165, 1.54) is 22.6 Å². The van der Waals surface area contributed by atoms with E-state index in [0.717, 1.165) is 58.2 Å². The van der Waals surface area contributed by atoms with Gasteiger partial charge in [-0.3, -0.25) is 9.59 Å². The Balaban J connectivity index is 1.13. The van der Waals surface area contributed by atoms with Crippen LogP contribution in [0.25, 0.3) is 0 Å². The average Bonchev–Trinajstić information content (AvgIpc) is 3.19. The highest BCUT2D eigenvalue weighted by Gasteiger charge is 2.45. The molecule has 0 radical (unpaired) electrons. The maximum atomic E-state index is 12.3. The van der Waals surface area contributed by atoms with Crippen molar-refractivity contribution in [3.05, 3.63) is 49.6 Å². The van der Waals surface area contributed by atoms with E-state index in [2.05, 4.69) is 40.3 Å². The van der Waals surface area contributed by atoms with E-state index in [1.54, 1.807) is 4.88 Å². The molecule has 0 unspecified atom stereocenters. The third-order valence-electron chi connectivity index (χ3n) is 7.43. The molecule has 7 nitrogen and oxygen atoms in total. The number of aromatic amines is 1. The zero-order chi connectivity index (χ0) is 22.3. The number of thiophene rings is 1. The number of hydrogen-bond acceptors (Lipinski definition) is 6. The lowest BCUT2D eigenvalue weighted by atomic mass is 9.76. The van der Waals surface area contributed by atoms with Gasteiger partial charge in [-0.2, -0.15) is 5.10 Å². The number of hydrogen-bond donors (Lipinski definition) is 2. The van der Waals surface area contributed by atoms with Crippen LogP contribution < -0.4 is 10.9 Å². The van der Waals surface area contributed by atoms with E-state index in [0.29, 0.717) is 12.0 Å². The summed E-state index contributed by atoms with van der Waals surface area (Å²) in [5.41, 5.74) is 1.34. The molecule has 2 aliphatic heterocycles. The summed E-state index contributed by atoms with van der Waals surface area (Å²) in [6.45, 7) is 7.56. The highest BCUT2D eigenvalue weighted by Crippen LogP contribution is 2.46. The molecule has 172 valence electrons. The Bertz CT molecular complexity index is 1020. The van der Waals surface area contributed by atoms with Gasteiger partial charge >= 0.3 is 0 Å². The smallest absolute Gasteiger partial charge is 0.271 e. The molecule has 1 amide bonds. The van der Waals surface area contributed by atoms with Gasteiger partial charge in [-0.15, -0.1) is 11.3 Å². The van der Waals surface area contributed by atoms with Crippen LogP contribution in [0.1, 0.15) is 65.3 Å². The van der Waals surface area contributed by atoms with E-state index in [-0.39, 0.29) is 28.8 Å². The number of H-pyrrole nitrogens is 1. The average molecular weight is 457 g/mol. The Morgan fingerprint density at radius 2 is 2.25 bits per heavy atom. The van der Waals surface area contributed by atoms with Gasteiger partial charge in [-0.25, -0.2) is 5.10 Å². The predicted molar refractivity (Wildman–Crippen MR) is 124 cm³/mol. The van der Waals surface area contributed by atoms with Crippen LogP contribution >= 0.6 is 11.3 Å². The van der Waals surface area contributed by atoms with Gasteiger partial charge in [0.15, 0.2) is 0 Å². The molecule has 32 heavy (non-hydrogen) atoms. The molecule has 1 spiro atoms. The molecule has 2 fully saturated rings. The Hall–Kier alpha value is -2.03. The number of likely N-dealkylation sites (tertiary alicyclic amines) is 1. The summed E-state index contributed by atoms with van der Waals surface area (Å²) in [4.78, 5) is 29.0. The molecule has 5 rings (SSSR count). The van der Waals surface area contributed by atoms with Crippen molar-refractivity contribution in [2.24, 2.45) is 5.92 Å². The van der Waals surface area contributed by atoms with Crippen LogP contribution in [0.15, 0.2) is 23.0 Å². The van der Waals surface area contributed by atoms with Crippen molar-refractivity contribution in [1.82, 2.24) is 20.4 Å². The molecule has 0 aromatic carbocycles. The third-order valence-corrected chi connectivity index (χ3v) is 8.77. The molecule has 1 saturated carbocycles. The van der Waals surface area contributed by atoms with Crippen LogP contribution in [0.3, 0.4) is 0 Å². The molecule has 2 aromatic heterocycles. The summed E-state index contributed by atoms with van der Waals surface area (Å²) in [5, 5.41) is 9.15. The Morgan fingerprint density at radius 1 is 1.41 bits per heavy atom. The van der Waals surface area contributed by atoms with Crippen LogP contribution in [0.4, 0.5) is 0 Å². The second-order valence-electron chi connectivity index (χ2n) is 9.61. The minimum atomic E-state index is -0.303. The lowest BCUT2D eigenvalue weighted by Crippen LogP contribution is -2.54. The van der Waals surface area contributed by atoms with Gasteiger partial charge in [0.1, 0.15) is 5.69 Å². The SMILES string of the molecule is CCc1cc2c(s1)CCO[C@@]21CCN(C[C@H]2C[C@@H](NC(=O)c3ccc(=O)[nH]n3)C2)[C@@H](C)C1. The van der Waals surface area contributed by atoms with Crippen molar-refractivity contribution in [2.45, 2.75) is 70.1 Å². The fourth-order valence-corrected chi connectivity index (χ4v) is 6.79. The number of piperidine rings is 1. The molecular weight excluding hydrogens is 424 g/mol. The number of fused-ring (bicyclic) bond motifs is 2. The number of rotatable bonds is 5. The minimum absolute atomic E-state index is 0.0901. The van der Waals surface area contributed by atoms with Crippen molar-refractivity contribution < 1.29 is 9.53 Å². The topological polar surface area (TPSA) is 87.3 Å². The summed E-state index contributed by atoms with van der Waals surface area (Å²) in [6.07, 6.45) is 6.28. The first-order valence-corrected chi connectivity index (χ1v) is 12.6. The van der Waals surface area contributed by atoms with Crippen LogP contribution in [-0.4, -0.2) is 52.8 Å². The largest absolute Gasteiger partial charge is 0.370 e. The molecule has 8 heteroatoms. The van der Waals surface area contributed by atoms with E-state index < -0.39 is 0 Å². The fourth-order valence-electron chi connectivity index (χ4n) is 5.61. The zero-order valence-electron chi connectivity index (χ0n) is 18.9. The van der Waals surface area contributed by atoms with E-state index >= 15 is 0 Å². The second kappa shape index (κ2) is 8.72. The minimum Gasteiger partial charge on any atom is -0.370 e. The van der Waals surface area contributed by atoms with Gasteiger partial charge in [-0.1, -0.05) is 6.92 Å². The van der Waals surface area contributed by atoms with E-state index in [1.807, 2.05) is 11.3 Å². The van der Waals surface area contributed by atoms with Crippen molar-refractivity contribution in [1.29, 1.82) is 0 Å². The molecule has 2 aromatic rings. The summed E-state index contributed by atoms with van der Waals surface area (Å²) in [5.74, 6) is 0.390. The van der Waals surface area contributed by atoms with E-state index in [4.69, 9.17) is 4.74 Å². The molecule has 0 bridgehead atoms. The third kappa shape index (κ3) is 4.16. The highest BCUT2D eigenvalue weighted by atomic mass is 32.1. The van der Waals surface area contributed by atoms with Gasteiger partial charge in [0, 0.05) is 47.4 Å². The number of aromatic nitrogens is 2. The van der Waals surface area contributed by atoms with Crippen molar-refractivity contribution >= 4 is 17.2 Å². The first-order chi connectivity index (χ1) is 15.5. The molecule has 2 N–H and O–H groups in total. The number of carbonyl (C=O) groups excluding carboxylic acids is 1. The van der Waals surface area contributed by atoms with Crippen molar-refractivity contribution in [2.75, 3.05) is 19.7 Å². The standard InChI is InChI=1S/C24H32N4O3S/c1-3-18-12-19-21(32-18)6-9-31-24(19)7-8-28(15(2)13-24)14-16-10-17(11-16)25-23(30)20-4-5-22(29)27-26-20/h4-5,12,15-17H,3,6-11,13-14H2,1-2H3,(H,25,30)(H,27,29)/t15-,16-,17+,24+/m0/s1. The lowest BCUT2D eigenvalue weighted by molar-refractivity contribution is -0.114. The predicted octanol–water partition coefficient (Wildman–Crippen LogP) is 2.85. The van der Waals surface area contributed by atoms with Crippen molar-refractivity contribution in [3.63, 3.8) is 0 Å². The first kappa shape index (κ1) is 21.8. The molecule has 2 atom stereocenters. The Morgan fingerprint density at radius 3 is 2.97 bits per heavy atom. The second-order valence-corrected chi connectivity index (χ2v) is 10.8. The maximum absolute atomic E-state index is 12.3. The Kier molecular flexibility index (Phi) is 5.94. The lowest BCUT2D eigenvalue weighted by Gasteiger charge is -2.49. The zero-order valence-corrected chi connectivity index (χ0v) is 19.7. The summed E-state index contributed by atoms with van der Waals surface area (Å²) >= 11 is 1.98. The van der Waals surface area contributed by atoms with Crippen LogP contribution in [-0.2, 0) is 23.2 Å². The number of carbonyl (C=O) groups is 1. The van der Waals surface area contributed by atoms with Gasteiger partial charge in [-0.05, 0) is 62.6 Å². The molecule has 1 aliphatic carbocycles. The number of amides is 1. The summed E-state index contributed by atoms with van der Waals surface area (Å²) < 4.78 is 6.47. The van der Waals surface area contributed by atoms with Crippen LogP contribution in [0.2, 0.25) is 0 Å². The number of aryl methyl sites for hydroxylation is 1. The fraction of sp³-hybridized carbons (Fsp3) is 0.625. The van der Waals surface area contributed by atoms with Gasteiger partial charge < -0.3 is 15.0 Å². The summed E-state index contributed by atoms with van der Waals surface area (Å²) in [7, 11) is 0. The van der Waals surface area contributed by atoms with Gasteiger partial charge in [0.25, 0.3) is 11.5 Å². The monoisotopic (exact) mass is 456 g/mol. The molecular formula is C24H32N4O3S.